The van der Waals surface area contributed by atoms with E-state index in [4.69, 9.17) is 23.2 Å². The maximum absolute atomic E-state index is 11.4. The van der Waals surface area contributed by atoms with Gasteiger partial charge in [-0.2, -0.15) is 13.0 Å². The van der Waals surface area contributed by atoms with E-state index in [9.17, 15) is 25.9 Å². The SMILES string of the molecule is O=S(=O)([O-])CCN1/C(=C/c2sc3ccc(Cl)cc3[n+]2CCS(=O)(=O)O)Sc2ccc(Cl)cc21. The number of thioether (sulfide) groups is 1. The third-order valence-corrected chi connectivity index (χ3v) is 8.85. The molecule has 0 saturated heterocycles. The number of hydrogen-bond acceptors (Lipinski definition) is 8. The predicted molar refractivity (Wildman–Crippen MR) is 131 cm³/mol. The molecule has 1 aliphatic rings. The van der Waals surface area contributed by atoms with Crippen LogP contribution >= 0.6 is 46.3 Å². The quantitative estimate of drug-likeness (QED) is 0.338. The molecule has 0 spiro atoms. The second kappa shape index (κ2) is 9.34. The highest BCUT2D eigenvalue weighted by molar-refractivity contribution is 8.04. The lowest BCUT2D eigenvalue weighted by molar-refractivity contribution is -0.664. The van der Waals surface area contributed by atoms with Gasteiger partial charge in [0.15, 0.2) is 6.54 Å². The number of nitrogens with zero attached hydrogens (tertiary/aromatic N) is 2. The van der Waals surface area contributed by atoms with Gasteiger partial charge in [0.2, 0.25) is 5.52 Å². The molecule has 0 unspecified atom stereocenters. The fourth-order valence-electron chi connectivity index (χ4n) is 3.34. The Labute approximate surface area is 208 Å². The average Bonchev–Trinajstić information content (AvgIpc) is 3.20. The van der Waals surface area contributed by atoms with Gasteiger partial charge in [0.05, 0.1) is 32.7 Å². The van der Waals surface area contributed by atoms with Crippen LogP contribution in [0.3, 0.4) is 0 Å². The maximum Gasteiger partial charge on any atom is 0.271 e. The van der Waals surface area contributed by atoms with E-state index >= 15 is 0 Å². The van der Waals surface area contributed by atoms with Crippen molar-refractivity contribution in [1.82, 2.24) is 0 Å². The van der Waals surface area contributed by atoms with Crippen LogP contribution in [-0.4, -0.2) is 44.0 Å². The van der Waals surface area contributed by atoms with Gasteiger partial charge in [0.25, 0.3) is 15.1 Å². The molecule has 8 nitrogen and oxygen atoms in total. The van der Waals surface area contributed by atoms with E-state index in [1.807, 2.05) is 6.07 Å². The van der Waals surface area contributed by atoms with Crippen LogP contribution in [0.2, 0.25) is 10.0 Å². The first-order valence-electron chi connectivity index (χ1n) is 9.37. The van der Waals surface area contributed by atoms with E-state index in [2.05, 4.69) is 0 Å². The Morgan fingerprint density at radius 3 is 2.45 bits per heavy atom. The van der Waals surface area contributed by atoms with Crippen molar-refractivity contribution < 1.29 is 30.5 Å². The highest BCUT2D eigenvalue weighted by Crippen LogP contribution is 2.47. The van der Waals surface area contributed by atoms with E-state index in [0.29, 0.717) is 31.3 Å². The van der Waals surface area contributed by atoms with Gasteiger partial charge < -0.3 is 9.45 Å². The Morgan fingerprint density at radius 1 is 1.06 bits per heavy atom. The molecule has 4 rings (SSSR count). The van der Waals surface area contributed by atoms with Gasteiger partial charge in [0, 0.05) is 27.6 Å². The molecule has 0 amide bonds. The summed E-state index contributed by atoms with van der Waals surface area (Å²) in [6.07, 6.45) is 1.79. The van der Waals surface area contributed by atoms with Gasteiger partial charge in [-0.3, -0.25) is 4.55 Å². The van der Waals surface area contributed by atoms with Crippen LogP contribution in [0.1, 0.15) is 5.01 Å². The molecular formula is C19H16Cl2N2O6S4. The second-order valence-electron chi connectivity index (χ2n) is 7.10. The van der Waals surface area contributed by atoms with Crippen molar-refractivity contribution >= 4 is 88.5 Å². The lowest BCUT2D eigenvalue weighted by Crippen LogP contribution is -2.38. The van der Waals surface area contributed by atoms with E-state index < -0.39 is 31.7 Å². The van der Waals surface area contributed by atoms with Crippen LogP contribution in [0, 0.1) is 0 Å². The van der Waals surface area contributed by atoms with Crippen molar-refractivity contribution in [2.24, 2.45) is 0 Å². The zero-order valence-corrected chi connectivity index (χ0v) is 21.4. The third kappa shape index (κ3) is 6.01. The Bertz CT molecular complexity index is 1490. The monoisotopic (exact) mass is 566 g/mol. The number of halogens is 2. The van der Waals surface area contributed by atoms with Gasteiger partial charge in [-0.15, -0.1) is 0 Å². The van der Waals surface area contributed by atoms with Crippen molar-refractivity contribution in [3.63, 3.8) is 0 Å². The zero-order valence-electron chi connectivity index (χ0n) is 16.6. The van der Waals surface area contributed by atoms with Gasteiger partial charge >= 0.3 is 0 Å². The van der Waals surface area contributed by atoms with Gasteiger partial charge in [-0.25, -0.2) is 8.42 Å². The van der Waals surface area contributed by atoms with Gasteiger partial charge in [0.1, 0.15) is 10.5 Å². The minimum Gasteiger partial charge on any atom is -0.748 e. The highest BCUT2D eigenvalue weighted by atomic mass is 35.5. The van der Waals surface area contributed by atoms with Crippen molar-refractivity contribution in [3.8, 4) is 0 Å². The molecule has 1 aromatic heterocycles. The molecule has 2 heterocycles. The zero-order chi connectivity index (χ0) is 24.0. The maximum atomic E-state index is 11.4. The molecule has 0 radical (unpaired) electrons. The molecule has 3 aromatic rings. The van der Waals surface area contributed by atoms with Gasteiger partial charge in [-0.05, 0) is 30.3 Å². The molecule has 0 atom stereocenters. The average molecular weight is 568 g/mol. The van der Waals surface area contributed by atoms with Crippen LogP contribution in [-0.2, 0) is 26.8 Å². The number of aromatic nitrogens is 1. The first-order chi connectivity index (χ1) is 15.4. The summed E-state index contributed by atoms with van der Waals surface area (Å²) in [4.78, 5) is 2.54. The first-order valence-corrected chi connectivity index (χ1v) is 14.9. The summed E-state index contributed by atoms with van der Waals surface area (Å²) in [6, 6.07) is 10.5. The summed E-state index contributed by atoms with van der Waals surface area (Å²) in [5, 5.41) is 2.24. The molecule has 176 valence electrons. The Kier molecular flexibility index (Phi) is 7.00. The Hall–Kier alpha value is -1.38. The molecule has 0 aliphatic carbocycles. The largest absolute Gasteiger partial charge is 0.748 e. The minimum absolute atomic E-state index is 0.0172. The number of anilines is 1. The minimum atomic E-state index is -4.45. The third-order valence-electron chi connectivity index (χ3n) is 4.77. The van der Waals surface area contributed by atoms with E-state index in [0.717, 1.165) is 9.60 Å². The van der Waals surface area contributed by atoms with Crippen LogP contribution in [0.25, 0.3) is 16.3 Å². The normalized spacial score (nSPS) is 15.5. The van der Waals surface area contributed by atoms with Crippen LogP contribution in [0.5, 0.6) is 0 Å². The summed E-state index contributed by atoms with van der Waals surface area (Å²) in [7, 11) is -8.66. The summed E-state index contributed by atoms with van der Waals surface area (Å²) < 4.78 is 68.5. The molecule has 14 heteroatoms. The van der Waals surface area contributed by atoms with Crippen molar-refractivity contribution in [2.75, 3.05) is 23.0 Å². The molecule has 0 saturated carbocycles. The van der Waals surface area contributed by atoms with Crippen LogP contribution < -0.4 is 9.47 Å². The molecule has 1 N–H and O–H groups in total. The number of thiazole rings is 1. The summed E-state index contributed by atoms with van der Waals surface area (Å²) in [6.45, 7) is -0.0869. The van der Waals surface area contributed by atoms with Crippen molar-refractivity contribution in [3.05, 3.63) is 56.5 Å². The Morgan fingerprint density at radius 2 is 1.76 bits per heavy atom. The van der Waals surface area contributed by atoms with Crippen LogP contribution in [0.4, 0.5) is 5.69 Å². The smallest absolute Gasteiger partial charge is 0.271 e. The number of rotatable bonds is 7. The van der Waals surface area contributed by atoms with Gasteiger partial charge in [-0.1, -0.05) is 46.3 Å². The van der Waals surface area contributed by atoms with Crippen molar-refractivity contribution in [2.45, 2.75) is 11.4 Å². The number of benzene rings is 2. The van der Waals surface area contributed by atoms with E-state index in [-0.39, 0.29) is 13.1 Å². The summed E-state index contributed by atoms with van der Waals surface area (Å²) >= 11 is 15.0. The highest BCUT2D eigenvalue weighted by Gasteiger charge is 2.29. The fourth-order valence-corrected chi connectivity index (χ4v) is 6.78. The molecule has 0 fully saturated rings. The lowest BCUT2D eigenvalue weighted by atomic mass is 10.3. The summed E-state index contributed by atoms with van der Waals surface area (Å²) in [5.41, 5.74) is 1.37. The fraction of sp³-hybridized carbons (Fsp3) is 0.211. The standard InChI is InChI=1S/C19H16Cl2N2O6S4/c20-12-1-3-16-14(9-12)22(5-7-32(24,25)26)18(30-16)11-19-23(6-8-33(27,28)29)15-10-13(21)2-4-17(15)31-19/h1-4,9-11H,5-8H2,(H-,24,25,26,27,28,29). The predicted octanol–water partition coefficient (Wildman–Crippen LogP) is 3.84. The number of fused-ring (bicyclic) bond motifs is 2. The second-order valence-corrected chi connectivity index (χ2v) is 13.2. The molecule has 0 bridgehead atoms. The molecule has 33 heavy (non-hydrogen) atoms. The molecule has 1 aliphatic heterocycles. The molecular weight excluding hydrogens is 551 g/mol. The Balaban J connectivity index is 1.81. The van der Waals surface area contributed by atoms with Crippen molar-refractivity contribution in [1.29, 1.82) is 0 Å². The number of hydrogen-bond donors (Lipinski definition) is 1. The first kappa shape index (κ1) is 24.7. The van der Waals surface area contributed by atoms with E-state index in [1.54, 1.807) is 45.9 Å². The molecule has 2 aromatic carbocycles. The lowest BCUT2D eigenvalue weighted by Gasteiger charge is -2.21. The topological polar surface area (TPSA) is 119 Å². The van der Waals surface area contributed by atoms with E-state index in [1.165, 1.54) is 23.1 Å². The number of aryl methyl sites for hydroxylation is 1. The summed E-state index contributed by atoms with van der Waals surface area (Å²) in [5.74, 6) is -1.09. The van der Waals surface area contributed by atoms with Crippen LogP contribution in [0.15, 0.2) is 46.3 Å².